The molecule has 2 aromatic heterocycles. The molecule has 0 aliphatic carbocycles. The molecule has 1 aliphatic heterocycles. The molecule has 0 bridgehead atoms. The van der Waals surface area contributed by atoms with Crippen molar-refractivity contribution in [2.24, 2.45) is 0 Å². The van der Waals surface area contributed by atoms with E-state index in [1.165, 1.54) is 12.1 Å². The second kappa shape index (κ2) is 8.12. The Bertz CT molecular complexity index is 1150. The molecular weight excluding hydrogens is 383 g/mol. The van der Waals surface area contributed by atoms with Crippen molar-refractivity contribution in [3.05, 3.63) is 78.2 Å². The summed E-state index contributed by atoms with van der Waals surface area (Å²) in [4.78, 5) is 4.43. The van der Waals surface area contributed by atoms with Crippen molar-refractivity contribution >= 4 is 5.65 Å². The molecule has 1 atom stereocenters. The van der Waals surface area contributed by atoms with Crippen molar-refractivity contribution in [2.75, 3.05) is 13.1 Å². The van der Waals surface area contributed by atoms with Crippen LogP contribution in [-0.4, -0.2) is 33.8 Å². The quantitative estimate of drug-likeness (QED) is 0.529. The van der Waals surface area contributed by atoms with E-state index in [2.05, 4.69) is 15.4 Å². The Balaban J connectivity index is 1.35. The monoisotopic (exact) mass is 404 g/mol. The van der Waals surface area contributed by atoms with E-state index in [1.54, 1.807) is 22.8 Å². The van der Waals surface area contributed by atoms with Crippen LogP contribution in [0.1, 0.15) is 12.0 Å². The molecule has 6 nitrogen and oxygen atoms in total. The van der Waals surface area contributed by atoms with Gasteiger partial charge in [-0.3, -0.25) is 0 Å². The van der Waals surface area contributed by atoms with Gasteiger partial charge in [-0.2, -0.15) is 0 Å². The van der Waals surface area contributed by atoms with Crippen LogP contribution in [0.3, 0.4) is 0 Å². The average molecular weight is 404 g/mol. The van der Waals surface area contributed by atoms with E-state index in [1.807, 2.05) is 36.4 Å². The van der Waals surface area contributed by atoms with Gasteiger partial charge < -0.3 is 14.8 Å². The van der Waals surface area contributed by atoms with Gasteiger partial charge in [-0.05, 0) is 61.0 Å². The first kappa shape index (κ1) is 18.6. The van der Waals surface area contributed by atoms with E-state index >= 15 is 0 Å². The van der Waals surface area contributed by atoms with Gasteiger partial charge in [0.1, 0.15) is 24.3 Å². The summed E-state index contributed by atoms with van der Waals surface area (Å²) in [5, 5.41) is 7.85. The maximum absolute atomic E-state index is 13.3. The molecular formula is C23H21FN4O2. The number of benzene rings is 2. The highest BCUT2D eigenvalue weighted by Gasteiger charge is 2.16. The van der Waals surface area contributed by atoms with E-state index in [-0.39, 0.29) is 18.5 Å². The van der Waals surface area contributed by atoms with Crippen LogP contribution in [-0.2, 0) is 6.61 Å². The predicted octanol–water partition coefficient (Wildman–Crippen LogP) is 3.86. The lowest BCUT2D eigenvalue weighted by Gasteiger charge is -2.12. The Labute approximate surface area is 173 Å². The van der Waals surface area contributed by atoms with Gasteiger partial charge in [-0.25, -0.2) is 13.9 Å². The molecule has 1 aliphatic rings. The summed E-state index contributed by atoms with van der Waals surface area (Å²) in [6.45, 7) is 2.12. The molecule has 0 spiro atoms. The fourth-order valence-corrected chi connectivity index (χ4v) is 3.54. The number of nitrogens with zero attached hydrogens (tertiary/aromatic N) is 3. The van der Waals surface area contributed by atoms with Crippen molar-refractivity contribution < 1.29 is 13.9 Å². The standard InChI is InChI=1S/C23H21FN4O2/c24-18-3-1-2-16(12-18)15-29-23-9-8-22-26-14-21(28(22)27-23)17-4-6-19(7-5-17)30-20-10-11-25-13-20/h1-9,12,14,20,25H,10-11,13,15H2/t20-/m1/s1. The molecule has 3 heterocycles. The average Bonchev–Trinajstić information content (AvgIpc) is 3.42. The zero-order valence-corrected chi connectivity index (χ0v) is 16.3. The molecule has 1 saturated heterocycles. The molecule has 0 amide bonds. The third-order valence-electron chi connectivity index (χ3n) is 5.08. The van der Waals surface area contributed by atoms with E-state index in [9.17, 15) is 4.39 Å². The van der Waals surface area contributed by atoms with Gasteiger partial charge in [0, 0.05) is 18.2 Å². The summed E-state index contributed by atoms with van der Waals surface area (Å²) in [6.07, 6.45) is 3.04. The van der Waals surface area contributed by atoms with E-state index < -0.39 is 0 Å². The second-order valence-corrected chi connectivity index (χ2v) is 7.26. The minimum absolute atomic E-state index is 0.228. The number of ether oxygens (including phenoxy) is 2. The Morgan fingerprint density at radius 1 is 1.10 bits per heavy atom. The van der Waals surface area contributed by atoms with Crippen molar-refractivity contribution in [1.29, 1.82) is 0 Å². The molecule has 2 aromatic carbocycles. The van der Waals surface area contributed by atoms with Gasteiger partial charge in [-0.15, -0.1) is 5.10 Å². The largest absolute Gasteiger partial charge is 0.489 e. The molecule has 7 heteroatoms. The van der Waals surface area contributed by atoms with Gasteiger partial charge in [0.2, 0.25) is 5.88 Å². The number of rotatable bonds is 6. The lowest BCUT2D eigenvalue weighted by Crippen LogP contribution is -2.19. The SMILES string of the molecule is Fc1cccc(COc2ccc3ncc(-c4ccc(O[C@@H]5CCNC5)cc4)n3n2)c1. The highest BCUT2D eigenvalue weighted by molar-refractivity contribution is 5.63. The predicted molar refractivity (Wildman–Crippen MR) is 111 cm³/mol. The number of aromatic nitrogens is 3. The van der Waals surface area contributed by atoms with Crippen molar-refractivity contribution in [3.8, 4) is 22.9 Å². The lowest BCUT2D eigenvalue weighted by molar-refractivity contribution is 0.223. The van der Waals surface area contributed by atoms with Crippen LogP contribution in [0.2, 0.25) is 0 Å². The van der Waals surface area contributed by atoms with Crippen LogP contribution in [0.15, 0.2) is 66.9 Å². The summed E-state index contributed by atoms with van der Waals surface area (Å²) in [6, 6.07) is 17.9. The molecule has 0 saturated carbocycles. The first-order valence-corrected chi connectivity index (χ1v) is 9.94. The number of imidazole rings is 1. The molecule has 0 radical (unpaired) electrons. The lowest BCUT2D eigenvalue weighted by atomic mass is 10.1. The van der Waals surface area contributed by atoms with E-state index in [0.29, 0.717) is 5.88 Å². The zero-order chi connectivity index (χ0) is 20.3. The fourth-order valence-electron chi connectivity index (χ4n) is 3.54. The minimum atomic E-state index is -0.284. The van der Waals surface area contributed by atoms with Gasteiger partial charge in [-0.1, -0.05) is 12.1 Å². The summed E-state index contributed by atoms with van der Waals surface area (Å²) >= 11 is 0. The Hall–Kier alpha value is -3.45. The van der Waals surface area contributed by atoms with Crippen LogP contribution in [0.25, 0.3) is 16.9 Å². The summed E-state index contributed by atoms with van der Waals surface area (Å²) < 4.78 is 26.8. The summed E-state index contributed by atoms with van der Waals surface area (Å²) in [7, 11) is 0. The van der Waals surface area contributed by atoms with E-state index in [4.69, 9.17) is 9.47 Å². The van der Waals surface area contributed by atoms with Gasteiger partial charge >= 0.3 is 0 Å². The highest BCUT2D eigenvalue weighted by Crippen LogP contribution is 2.25. The Kier molecular flexibility index (Phi) is 5.03. The molecule has 30 heavy (non-hydrogen) atoms. The third kappa shape index (κ3) is 3.97. The van der Waals surface area contributed by atoms with Crippen LogP contribution in [0, 0.1) is 5.82 Å². The van der Waals surface area contributed by atoms with E-state index in [0.717, 1.165) is 47.7 Å². The van der Waals surface area contributed by atoms with Crippen molar-refractivity contribution in [2.45, 2.75) is 19.1 Å². The molecule has 0 unspecified atom stereocenters. The Morgan fingerprint density at radius 3 is 2.80 bits per heavy atom. The molecule has 4 aromatic rings. The van der Waals surface area contributed by atoms with Gasteiger partial charge in [0.05, 0.1) is 11.9 Å². The minimum Gasteiger partial charge on any atom is -0.489 e. The normalized spacial score (nSPS) is 16.1. The topological polar surface area (TPSA) is 60.7 Å². The van der Waals surface area contributed by atoms with Crippen molar-refractivity contribution in [3.63, 3.8) is 0 Å². The maximum Gasteiger partial charge on any atom is 0.232 e. The van der Waals surface area contributed by atoms with Crippen LogP contribution < -0.4 is 14.8 Å². The van der Waals surface area contributed by atoms with Crippen LogP contribution in [0.5, 0.6) is 11.6 Å². The molecule has 1 N–H and O–H groups in total. The van der Waals surface area contributed by atoms with Gasteiger partial charge in [0.15, 0.2) is 5.65 Å². The molecule has 5 rings (SSSR count). The number of fused-ring (bicyclic) bond motifs is 1. The summed E-state index contributed by atoms with van der Waals surface area (Å²) in [5.74, 6) is 1.01. The second-order valence-electron chi connectivity index (χ2n) is 7.26. The number of hydrogen-bond acceptors (Lipinski definition) is 5. The zero-order valence-electron chi connectivity index (χ0n) is 16.3. The maximum atomic E-state index is 13.3. The Morgan fingerprint density at radius 2 is 2.00 bits per heavy atom. The summed E-state index contributed by atoms with van der Waals surface area (Å²) in [5.41, 5.74) is 3.31. The third-order valence-corrected chi connectivity index (χ3v) is 5.08. The van der Waals surface area contributed by atoms with Crippen molar-refractivity contribution in [1.82, 2.24) is 19.9 Å². The van der Waals surface area contributed by atoms with Gasteiger partial charge in [0.25, 0.3) is 0 Å². The smallest absolute Gasteiger partial charge is 0.232 e. The van der Waals surface area contributed by atoms with Crippen LogP contribution >= 0.6 is 0 Å². The first-order chi connectivity index (χ1) is 14.7. The number of hydrogen-bond donors (Lipinski definition) is 1. The number of nitrogens with one attached hydrogen (secondary N) is 1. The number of halogens is 1. The first-order valence-electron chi connectivity index (χ1n) is 9.94. The van der Waals surface area contributed by atoms with Crippen LogP contribution in [0.4, 0.5) is 4.39 Å². The molecule has 152 valence electrons. The molecule has 1 fully saturated rings. The fraction of sp³-hybridized carbons (Fsp3) is 0.217. The highest BCUT2D eigenvalue weighted by atomic mass is 19.1.